The van der Waals surface area contributed by atoms with E-state index in [1.165, 1.54) is 0 Å². The lowest BCUT2D eigenvalue weighted by atomic mass is 10.2. The van der Waals surface area contributed by atoms with Crippen LogP contribution in [0.2, 0.25) is 0 Å². The van der Waals surface area contributed by atoms with Crippen LogP contribution in [-0.2, 0) is 0 Å². The van der Waals surface area contributed by atoms with Crippen LogP contribution in [0.4, 0.5) is 0 Å². The quantitative estimate of drug-likeness (QED) is 0.790. The molecule has 1 aromatic carbocycles. The molecule has 0 atom stereocenters. The van der Waals surface area contributed by atoms with Crippen LogP contribution >= 0.6 is 38.5 Å². The Morgan fingerprint density at radius 2 is 2.21 bits per heavy atom. The molecule has 5 heteroatoms. The minimum atomic E-state index is -0.540. The fraction of sp³-hybridized carbons (Fsp3) is 0. The van der Waals surface area contributed by atoms with Gasteiger partial charge in [-0.1, -0.05) is 15.9 Å². The Bertz CT molecular complexity index is 521. The lowest BCUT2D eigenvalue weighted by Gasteiger charge is -1.89. The maximum atomic E-state index is 11.0. The van der Waals surface area contributed by atoms with E-state index in [9.17, 15) is 4.79 Å². The van der Waals surface area contributed by atoms with Gasteiger partial charge in [-0.05, 0) is 40.8 Å². The van der Waals surface area contributed by atoms with Gasteiger partial charge in [-0.25, -0.2) is 0 Å². The van der Waals surface area contributed by atoms with Crippen molar-refractivity contribution in [2.24, 2.45) is 5.73 Å². The van der Waals surface area contributed by atoms with E-state index in [4.69, 9.17) is 10.2 Å². The molecule has 2 aromatic rings. The van der Waals surface area contributed by atoms with Crippen molar-refractivity contribution in [1.29, 1.82) is 0 Å². The number of benzene rings is 1. The zero-order valence-electron chi connectivity index (χ0n) is 6.88. The average molecular weight is 366 g/mol. The highest BCUT2D eigenvalue weighted by molar-refractivity contribution is 14.1. The molecule has 0 saturated heterocycles. The first-order valence-electron chi connectivity index (χ1n) is 3.77. The number of halogens is 2. The molecule has 2 rings (SSSR count). The molecule has 14 heavy (non-hydrogen) atoms. The predicted molar refractivity (Wildman–Crippen MR) is 65.1 cm³/mol. The van der Waals surface area contributed by atoms with E-state index in [1.807, 2.05) is 12.1 Å². The van der Waals surface area contributed by atoms with E-state index in [-0.39, 0.29) is 5.76 Å². The summed E-state index contributed by atoms with van der Waals surface area (Å²) in [6.45, 7) is 0. The molecule has 1 aromatic heterocycles. The number of amides is 1. The predicted octanol–water partition coefficient (Wildman–Crippen LogP) is 2.90. The topological polar surface area (TPSA) is 56.2 Å². The second kappa shape index (κ2) is 3.54. The molecule has 1 heterocycles. The van der Waals surface area contributed by atoms with Crippen molar-refractivity contribution >= 4 is 55.4 Å². The zero-order chi connectivity index (χ0) is 10.3. The molecule has 0 radical (unpaired) electrons. The van der Waals surface area contributed by atoms with E-state index in [0.29, 0.717) is 5.58 Å². The Morgan fingerprint density at radius 1 is 1.50 bits per heavy atom. The van der Waals surface area contributed by atoms with Crippen LogP contribution in [0.1, 0.15) is 10.6 Å². The van der Waals surface area contributed by atoms with Crippen molar-refractivity contribution in [2.75, 3.05) is 0 Å². The van der Waals surface area contributed by atoms with Gasteiger partial charge in [0.15, 0.2) is 0 Å². The molecular weight excluding hydrogens is 361 g/mol. The molecule has 0 bridgehead atoms. The molecule has 0 spiro atoms. The number of furan rings is 1. The first-order chi connectivity index (χ1) is 6.59. The van der Waals surface area contributed by atoms with Crippen LogP contribution in [0.25, 0.3) is 11.0 Å². The Labute approximate surface area is 102 Å². The molecule has 0 aliphatic heterocycles. The number of nitrogens with two attached hydrogens (primary N) is 1. The molecule has 2 N–H and O–H groups in total. The van der Waals surface area contributed by atoms with Crippen molar-refractivity contribution in [2.45, 2.75) is 0 Å². The molecule has 3 nitrogen and oxygen atoms in total. The van der Waals surface area contributed by atoms with Gasteiger partial charge < -0.3 is 10.2 Å². The van der Waals surface area contributed by atoms with E-state index in [0.717, 1.165) is 13.4 Å². The highest BCUT2D eigenvalue weighted by atomic mass is 127. The SMILES string of the molecule is NC(=O)c1oc2ccc(Br)cc2c1I. The van der Waals surface area contributed by atoms with Gasteiger partial charge >= 0.3 is 0 Å². The fourth-order valence-electron chi connectivity index (χ4n) is 1.20. The number of rotatable bonds is 1. The summed E-state index contributed by atoms with van der Waals surface area (Å²) in [5.41, 5.74) is 5.84. The van der Waals surface area contributed by atoms with Gasteiger partial charge in [0.05, 0.1) is 3.57 Å². The van der Waals surface area contributed by atoms with Gasteiger partial charge in [0.1, 0.15) is 5.58 Å². The second-order valence-electron chi connectivity index (χ2n) is 2.75. The van der Waals surface area contributed by atoms with Crippen LogP contribution in [0.3, 0.4) is 0 Å². The van der Waals surface area contributed by atoms with E-state index in [2.05, 4.69) is 38.5 Å². The lowest BCUT2D eigenvalue weighted by molar-refractivity contribution is 0.0975. The van der Waals surface area contributed by atoms with Crippen molar-refractivity contribution in [3.8, 4) is 0 Å². The largest absolute Gasteiger partial charge is 0.450 e. The molecule has 1 amide bonds. The summed E-state index contributed by atoms with van der Waals surface area (Å²) < 4.78 is 7.01. The first kappa shape index (κ1) is 9.97. The number of carbonyl (C=O) groups excluding carboxylic acids is 1. The Morgan fingerprint density at radius 3 is 2.86 bits per heavy atom. The second-order valence-corrected chi connectivity index (χ2v) is 4.74. The summed E-state index contributed by atoms with van der Waals surface area (Å²) >= 11 is 5.40. The van der Waals surface area contributed by atoms with Crippen LogP contribution in [0.15, 0.2) is 27.1 Å². The number of fused-ring (bicyclic) bond motifs is 1. The van der Waals surface area contributed by atoms with Gasteiger partial charge in [0, 0.05) is 9.86 Å². The highest BCUT2D eigenvalue weighted by Crippen LogP contribution is 2.29. The molecule has 0 aliphatic rings. The molecule has 0 saturated carbocycles. The van der Waals surface area contributed by atoms with Gasteiger partial charge in [-0.15, -0.1) is 0 Å². The van der Waals surface area contributed by atoms with Crippen LogP contribution in [0.5, 0.6) is 0 Å². The maximum Gasteiger partial charge on any atom is 0.285 e. The van der Waals surface area contributed by atoms with Gasteiger partial charge in [-0.2, -0.15) is 0 Å². The van der Waals surface area contributed by atoms with Crippen molar-refractivity contribution in [3.05, 3.63) is 32.0 Å². The maximum absolute atomic E-state index is 11.0. The van der Waals surface area contributed by atoms with Crippen molar-refractivity contribution in [3.63, 3.8) is 0 Å². The number of carbonyl (C=O) groups is 1. The number of hydrogen-bond acceptors (Lipinski definition) is 2. The van der Waals surface area contributed by atoms with E-state index in [1.54, 1.807) is 6.07 Å². The van der Waals surface area contributed by atoms with E-state index < -0.39 is 5.91 Å². The summed E-state index contributed by atoms with van der Waals surface area (Å²) in [6.07, 6.45) is 0. The van der Waals surface area contributed by atoms with Gasteiger partial charge in [0.25, 0.3) is 5.91 Å². The normalized spacial score (nSPS) is 10.7. The van der Waals surface area contributed by atoms with Crippen LogP contribution < -0.4 is 5.73 Å². The minimum Gasteiger partial charge on any atom is -0.450 e. The summed E-state index contributed by atoms with van der Waals surface area (Å²) in [4.78, 5) is 11.0. The fourth-order valence-corrected chi connectivity index (χ4v) is 2.36. The number of hydrogen-bond donors (Lipinski definition) is 1. The van der Waals surface area contributed by atoms with Gasteiger partial charge in [0.2, 0.25) is 5.76 Å². The Kier molecular flexibility index (Phi) is 2.52. The summed E-state index contributed by atoms with van der Waals surface area (Å²) in [7, 11) is 0. The highest BCUT2D eigenvalue weighted by Gasteiger charge is 2.15. The Balaban J connectivity index is 2.80. The third kappa shape index (κ3) is 1.54. The average Bonchev–Trinajstić information content (AvgIpc) is 2.44. The Hall–Kier alpha value is -0.560. The lowest BCUT2D eigenvalue weighted by Crippen LogP contribution is -2.10. The van der Waals surface area contributed by atoms with Crippen molar-refractivity contribution in [1.82, 2.24) is 0 Å². The van der Waals surface area contributed by atoms with Crippen molar-refractivity contribution < 1.29 is 9.21 Å². The summed E-state index contributed by atoms with van der Waals surface area (Å²) in [5, 5.41) is 0.897. The molecule has 0 unspecified atom stereocenters. The van der Waals surface area contributed by atoms with Gasteiger partial charge in [-0.3, -0.25) is 4.79 Å². The molecule has 72 valence electrons. The molecular formula is C9H5BrINO2. The van der Waals surface area contributed by atoms with Crippen LogP contribution in [-0.4, -0.2) is 5.91 Å². The smallest absolute Gasteiger partial charge is 0.285 e. The summed E-state index contributed by atoms with van der Waals surface area (Å²) in [5.74, 6) is -0.319. The summed E-state index contributed by atoms with van der Waals surface area (Å²) in [6, 6.07) is 5.55. The third-order valence-corrected chi connectivity index (χ3v) is 3.38. The van der Waals surface area contributed by atoms with E-state index >= 15 is 0 Å². The number of primary amides is 1. The monoisotopic (exact) mass is 365 g/mol. The molecule has 0 fully saturated rings. The zero-order valence-corrected chi connectivity index (χ0v) is 10.6. The third-order valence-electron chi connectivity index (χ3n) is 1.81. The molecule has 0 aliphatic carbocycles. The minimum absolute atomic E-state index is 0.221. The van der Waals surface area contributed by atoms with Crippen LogP contribution in [0, 0.1) is 3.57 Å². The first-order valence-corrected chi connectivity index (χ1v) is 5.64. The standard InChI is InChI=1S/C9H5BrINO2/c10-4-1-2-6-5(3-4)7(11)8(14-6)9(12)13/h1-3H,(H2,12,13).